The van der Waals surface area contributed by atoms with Gasteiger partial charge in [-0.1, -0.05) is 25.1 Å². The Morgan fingerprint density at radius 1 is 0.565 bits per heavy atom. The number of piperidine rings is 3. The second kappa shape index (κ2) is 23.9. The molecule has 69 heavy (non-hydrogen) atoms. The first-order valence-corrected chi connectivity index (χ1v) is 27.3. The quantitative estimate of drug-likeness (QED) is 0.134. The number of amides is 3. The monoisotopic (exact) mass is 1170 g/mol. The van der Waals surface area contributed by atoms with Crippen molar-refractivity contribution in [3.8, 4) is 0 Å². The number of hydrogen-bond acceptors (Lipinski definition) is 13. The molecule has 3 amide bonds. The summed E-state index contributed by atoms with van der Waals surface area (Å²) in [6.07, 6.45) is 4.37. The van der Waals surface area contributed by atoms with Crippen LogP contribution in [0.5, 0.6) is 0 Å². The molecular weight excluding hydrogens is 1100 g/mol. The summed E-state index contributed by atoms with van der Waals surface area (Å²) in [6, 6.07) is 17.3. The maximum atomic E-state index is 12.3. The van der Waals surface area contributed by atoms with Gasteiger partial charge in [-0.3, -0.25) is 4.18 Å². The molecule has 16 nitrogen and oxygen atoms in total. The third kappa shape index (κ3) is 18.3. The molecule has 1 N–H and O–H groups in total. The Kier molecular flexibility index (Phi) is 20.1. The minimum atomic E-state index is -3.58. The second-order valence-corrected chi connectivity index (χ2v) is 25.3. The molecule has 0 radical (unpaired) electrons. The first kappa shape index (κ1) is 58.1. The summed E-state index contributed by atoms with van der Waals surface area (Å²) in [5.74, 6) is 0. The van der Waals surface area contributed by atoms with Crippen LogP contribution in [-0.4, -0.2) is 137 Å². The Morgan fingerprint density at radius 3 is 1.19 bits per heavy atom. The summed E-state index contributed by atoms with van der Waals surface area (Å²) < 4.78 is 46.7. The van der Waals surface area contributed by atoms with E-state index >= 15 is 0 Å². The smallest absolute Gasteiger partial charge is 0.410 e. The van der Waals surface area contributed by atoms with Crippen LogP contribution in [0, 0.1) is 0 Å². The van der Waals surface area contributed by atoms with Crippen LogP contribution in [0.4, 0.5) is 14.4 Å². The lowest BCUT2D eigenvalue weighted by molar-refractivity contribution is 0.0114. The Labute approximate surface area is 434 Å². The molecule has 3 aliphatic rings. The lowest BCUT2D eigenvalue weighted by Gasteiger charge is -2.41. The van der Waals surface area contributed by atoms with Crippen molar-refractivity contribution in [2.75, 3.05) is 58.7 Å². The van der Waals surface area contributed by atoms with Gasteiger partial charge in [-0.25, -0.2) is 29.3 Å². The Hall–Kier alpha value is -3.43. The number of carbonyl (C=O) groups excluding carboxylic acids is 3. The molecule has 0 aromatic carbocycles. The normalized spacial score (nSPS) is 18.1. The molecule has 3 saturated heterocycles. The Balaban J connectivity index is 0.000000227. The third-order valence-corrected chi connectivity index (χ3v) is 13.8. The number of aliphatic hydroxyl groups excluding tert-OH is 1. The van der Waals surface area contributed by atoms with Gasteiger partial charge in [-0.05, 0) is 185 Å². The van der Waals surface area contributed by atoms with E-state index in [0.29, 0.717) is 69.6 Å². The number of nitrogens with zero attached hydrogens (tertiary/aromatic N) is 6. The van der Waals surface area contributed by atoms with Gasteiger partial charge in [0.2, 0.25) is 0 Å². The van der Waals surface area contributed by atoms with Crippen molar-refractivity contribution in [3.05, 3.63) is 85.5 Å². The lowest BCUT2D eigenvalue weighted by atomic mass is 9.76. The molecule has 3 aliphatic heterocycles. The minimum Gasteiger partial charge on any atom is -0.444 e. The fourth-order valence-corrected chi connectivity index (χ4v) is 9.46. The third-order valence-electron chi connectivity index (χ3n) is 12.0. The van der Waals surface area contributed by atoms with Crippen LogP contribution in [0.2, 0.25) is 0 Å². The highest BCUT2D eigenvalue weighted by Gasteiger charge is 2.42. The highest BCUT2D eigenvalue weighted by molar-refractivity contribution is 9.11. The van der Waals surface area contributed by atoms with Gasteiger partial charge in [0.15, 0.2) is 0 Å². The van der Waals surface area contributed by atoms with Crippen molar-refractivity contribution < 1.29 is 46.3 Å². The number of likely N-dealkylation sites (tertiary alicyclic amines) is 3. The van der Waals surface area contributed by atoms with Gasteiger partial charge >= 0.3 is 18.3 Å². The minimum absolute atomic E-state index is 0.00253. The zero-order valence-electron chi connectivity index (χ0n) is 41.9. The number of carbonyl (C=O) groups is 3. The Morgan fingerprint density at radius 2 is 0.870 bits per heavy atom. The van der Waals surface area contributed by atoms with Gasteiger partial charge < -0.3 is 34.0 Å². The van der Waals surface area contributed by atoms with Crippen LogP contribution in [0.3, 0.4) is 0 Å². The van der Waals surface area contributed by atoms with Crippen molar-refractivity contribution in [1.82, 2.24) is 29.7 Å². The van der Waals surface area contributed by atoms with Crippen LogP contribution in [-0.2, 0) is 44.8 Å². The molecule has 6 rings (SSSR count). The predicted octanol–water partition coefficient (Wildman–Crippen LogP) is 10.3. The van der Waals surface area contributed by atoms with E-state index in [1.54, 1.807) is 14.7 Å². The van der Waals surface area contributed by atoms with E-state index in [-0.39, 0.29) is 42.3 Å². The highest BCUT2D eigenvalue weighted by Crippen LogP contribution is 2.38. The average Bonchev–Trinajstić information content (AvgIpc) is 3.24. The zero-order chi connectivity index (χ0) is 51.6. The molecule has 3 fully saturated rings. The number of rotatable bonds is 7. The molecule has 0 unspecified atom stereocenters. The van der Waals surface area contributed by atoms with E-state index in [1.807, 2.05) is 111 Å². The lowest BCUT2D eigenvalue weighted by Crippen LogP contribution is -2.49. The number of pyridine rings is 3. The van der Waals surface area contributed by atoms with Gasteiger partial charge in [0.05, 0.1) is 30.9 Å². The molecule has 0 atom stereocenters. The van der Waals surface area contributed by atoms with Crippen LogP contribution in [0.25, 0.3) is 0 Å². The maximum Gasteiger partial charge on any atom is 0.410 e. The van der Waals surface area contributed by atoms with Crippen LogP contribution in [0.1, 0.15) is 125 Å². The first-order chi connectivity index (χ1) is 31.9. The van der Waals surface area contributed by atoms with Gasteiger partial charge in [-0.2, -0.15) is 8.42 Å². The van der Waals surface area contributed by atoms with E-state index < -0.39 is 32.3 Å². The number of hydrogen-bond donors (Lipinski definition) is 1. The van der Waals surface area contributed by atoms with Gasteiger partial charge in [0.25, 0.3) is 10.1 Å². The van der Waals surface area contributed by atoms with E-state index in [2.05, 4.69) is 75.7 Å². The molecule has 20 heteroatoms. The van der Waals surface area contributed by atoms with Gasteiger partial charge in [0.1, 0.15) is 30.6 Å². The number of ether oxygens (including phenoxy) is 3. The fourth-order valence-electron chi connectivity index (χ4n) is 7.99. The van der Waals surface area contributed by atoms with Crippen LogP contribution in [0.15, 0.2) is 68.4 Å². The van der Waals surface area contributed by atoms with E-state index in [1.165, 1.54) is 0 Å². The number of aromatic nitrogens is 3. The van der Waals surface area contributed by atoms with Gasteiger partial charge in [-0.15, -0.1) is 0 Å². The highest BCUT2D eigenvalue weighted by atomic mass is 79.9. The molecular formula is C49H71Br3N6O10S. The molecule has 3 aromatic rings. The van der Waals surface area contributed by atoms with Crippen molar-refractivity contribution in [2.45, 2.75) is 141 Å². The van der Waals surface area contributed by atoms with E-state index in [9.17, 15) is 27.9 Å². The van der Waals surface area contributed by atoms with Crippen LogP contribution < -0.4 is 0 Å². The van der Waals surface area contributed by atoms with Crippen molar-refractivity contribution in [2.24, 2.45) is 0 Å². The van der Waals surface area contributed by atoms with Crippen molar-refractivity contribution in [3.63, 3.8) is 0 Å². The average molecular weight is 1180 g/mol. The maximum absolute atomic E-state index is 12.3. The Bertz CT molecular complexity index is 2310. The molecule has 0 bridgehead atoms. The molecule has 0 aliphatic carbocycles. The summed E-state index contributed by atoms with van der Waals surface area (Å²) in [5, 5.41) is 9.91. The molecule has 6 heterocycles. The largest absolute Gasteiger partial charge is 0.444 e. The zero-order valence-corrected chi connectivity index (χ0v) is 47.5. The van der Waals surface area contributed by atoms with Crippen molar-refractivity contribution >= 4 is 76.2 Å². The summed E-state index contributed by atoms with van der Waals surface area (Å²) >= 11 is 10.2. The SMILES string of the molecule is CC(C)(C)OC(=O)N1CCC(C)(c2cccc(Br)n2)CC1.CC(C)(C)OC(=O)N1CCC(CO)(c2cccc(Br)n2)CC1.CC(C)(C)OC(=O)N1CCC(COS(C)(=O)=O)(c2cccc(Br)n2)CC1. The molecule has 3 aromatic heterocycles. The van der Waals surface area contributed by atoms with E-state index in [4.69, 9.17) is 18.4 Å². The first-order valence-electron chi connectivity index (χ1n) is 23.1. The molecule has 0 saturated carbocycles. The molecule has 384 valence electrons. The van der Waals surface area contributed by atoms with Crippen molar-refractivity contribution in [1.29, 1.82) is 0 Å². The predicted molar refractivity (Wildman–Crippen MR) is 276 cm³/mol. The standard InChI is InChI=1S/C17H25BrN2O5S.C16H23BrN2O3.C16H23BrN2O2/c1-16(2,3)25-15(21)20-10-8-17(9-11-20,12-24-26(4,22)23)13-6-5-7-14(18)19-13;1-15(2,3)22-14(21)19-9-7-16(11-20,8-10-19)12-5-4-6-13(17)18-12;1-15(2,3)21-14(20)19-10-8-16(4,9-11-19)12-6-5-7-13(17)18-12/h5-7H,8-12H2,1-4H3;4-6,20H,7-11H2,1-3H3;5-7H,8-11H2,1-4H3. The summed E-state index contributed by atoms with van der Waals surface area (Å²) in [5.41, 5.74) is 0.263. The van der Waals surface area contributed by atoms with Crippen LogP contribution >= 0.6 is 47.8 Å². The number of aliphatic hydroxyl groups is 1. The van der Waals surface area contributed by atoms with Gasteiger partial charge in [0, 0.05) is 61.2 Å². The summed E-state index contributed by atoms with van der Waals surface area (Å²) in [4.78, 5) is 55.2. The fraction of sp³-hybridized carbons (Fsp3) is 0.633. The summed E-state index contributed by atoms with van der Waals surface area (Å²) in [7, 11) is -3.58. The number of halogens is 3. The van der Waals surface area contributed by atoms with E-state index in [0.717, 1.165) is 45.4 Å². The second-order valence-electron chi connectivity index (χ2n) is 21.2. The molecule has 0 spiro atoms. The topological polar surface area (TPSA) is 191 Å². The summed E-state index contributed by atoms with van der Waals surface area (Å²) in [6.45, 7) is 22.4.